The Labute approximate surface area is 341 Å². The van der Waals surface area contributed by atoms with Crippen molar-refractivity contribution < 1.29 is 47.7 Å². The summed E-state index contributed by atoms with van der Waals surface area (Å²) in [5, 5.41) is 17.5. The van der Waals surface area contributed by atoms with Crippen LogP contribution in [0.3, 0.4) is 0 Å². The van der Waals surface area contributed by atoms with E-state index in [2.05, 4.69) is 35.7 Å². The van der Waals surface area contributed by atoms with E-state index in [0.717, 1.165) is 0 Å². The second-order valence-electron chi connectivity index (χ2n) is 12.4. The molecule has 3 amide bonds. The van der Waals surface area contributed by atoms with Crippen LogP contribution in [0.25, 0.3) is 0 Å². The standard InChI is InChI=1S/C44H43N5O10/c1-6-23-57-37-32(43(53)49-35-20-18-33(44(54)59-25-8-3)38(40(35)56-5)58-24-7-2)17-19-34(39(37)55-4)48-41(51)28-11-15-31(16-12-28)47-42(52)29(21-22-45)26-36(50)27-9-13-30(46)14-10-27/h6-20,29H,1-3,21,23-26,46H2,4-5H3,(H,47,52)(H,48,51)(H,49,53)/t29-/m1/s1. The summed E-state index contributed by atoms with van der Waals surface area (Å²) >= 11 is 0. The van der Waals surface area contributed by atoms with E-state index in [4.69, 9.17) is 29.4 Å². The van der Waals surface area contributed by atoms with Crippen LogP contribution in [0, 0.1) is 17.2 Å². The Kier molecular flexibility index (Phi) is 15.9. The highest BCUT2D eigenvalue weighted by Gasteiger charge is 2.27. The summed E-state index contributed by atoms with van der Waals surface area (Å²) in [4.78, 5) is 65.9. The lowest BCUT2D eigenvalue weighted by molar-refractivity contribution is -0.119. The molecule has 0 aliphatic carbocycles. The van der Waals surface area contributed by atoms with E-state index < -0.39 is 29.6 Å². The second-order valence-corrected chi connectivity index (χ2v) is 12.4. The number of amides is 3. The van der Waals surface area contributed by atoms with E-state index in [1.54, 1.807) is 24.3 Å². The fourth-order valence-corrected chi connectivity index (χ4v) is 5.56. The summed E-state index contributed by atoms with van der Waals surface area (Å²) in [5.41, 5.74) is 7.46. The first-order chi connectivity index (χ1) is 28.5. The fraction of sp³-hybridized carbons (Fsp3) is 0.182. The van der Waals surface area contributed by atoms with Gasteiger partial charge >= 0.3 is 5.97 Å². The second kappa shape index (κ2) is 21.4. The maximum absolute atomic E-state index is 13.8. The Morgan fingerprint density at radius 2 is 1.20 bits per heavy atom. The summed E-state index contributed by atoms with van der Waals surface area (Å²) in [5.74, 6) is -3.64. The average molecular weight is 802 g/mol. The van der Waals surface area contributed by atoms with Gasteiger partial charge in [-0.25, -0.2) is 4.79 Å². The molecule has 15 heteroatoms. The normalized spacial score (nSPS) is 10.7. The number of carbonyl (C=O) groups excluding carboxylic acids is 5. The van der Waals surface area contributed by atoms with Gasteiger partial charge in [-0.2, -0.15) is 5.26 Å². The van der Waals surface area contributed by atoms with Crippen LogP contribution in [0.2, 0.25) is 0 Å². The van der Waals surface area contributed by atoms with Crippen molar-refractivity contribution in [1.82, 2.24) is 0 Å². The number of nitriles is 1. The predicted molar refractivity (Wildman–Crippen MR) is 222 cm³/mol. The number of nitrogens with one attached hydrogen (secondary N) is 3. The van der Waals surface area contributed by atoms with Crippen molar-refractivity contribution in [2.45, 2.75) is 12.8 Å². The van der Waals surface area contributed by atoms with Crippen molar-refractivity contribution in [3.05, 3.63) is 133 Å². The van der Waals surface area contributed by atoms with Gasteiger partial charge in [-0.05, 0) is 72.8 Å². The Balaban J connectivity index is 1.54. The third-order valence-electron chi connectivity index (χ3n) is 8.40. The topological polar surface area (TPSA) is 217 Å². The molecule has 0 aliphatic rings. The van der Waals surface area contributed by atoms with Crippen LogP contribution in [-0.4, -0.2) is 63.5 Å². The molecule has 304 valence electrons. The quantitative estimate of drug-likeness (QED) is 0.0290. The van der Waals surface area contributed by atoms with Gasteiger partial charge in [-0.1, -0.05) is 38.0 Å². The molecule has 0 aromatic heterocycles. The summed E-state index contributed by atoms with van der Waals surface area (Å²) in [6.07, 6.45) is 3.98. The largest absolute Gasteiger partial charge is 0.491 e. The Morgan fingerprint density at radius 3 is 1.75 bits per heavy atom. The van der Waals surface area contributed by atoms with Crippen LogP contribution in [0.4, 0.5) is 22.7 Å². The number of nitrogens with zero attached hydrogens (tertiary/aromatic N) is 1. The highest BCUT2D eigenvalue weighted by Crippen LogP contribution is 2.42. The van der Waals surface area contributed by atoms with Crippen molar-refractivity contribution in [2.75, 3.05) is 55.7 Å². The lowest BCUT2D eigenvalue weighted by Gasteiger charge is -2.20. The van der Waals surface area contributed by atoms with Gasteiger partial charge in [0.05, 0.1) is 43.1 Å². The molecule has 0 aliphatic heterocycles. The molecule has 15 nitrogen and oxygen atoms in total. The van der Waals surface area contributed by atoms with Crippen molar-refractivity contribution in [2.24, 2.45) is 5.92 Å². The van der Waals surface area contributed by atoms with Crippen molar-refractivity contribution in [1.29, 1.82) is 5.26 Å². The number of anilines is 4. The van der Waals surface area contributed by atoms with Gasteiger partial charge in [0.15, 0.2) is 28.8 Å². The number of hydrogen-bond donors (Lipinski definition) is 4. The molecule has 4 aromatic rings. The number of Topliss-reactive ketones (excluding diaryl/α,β-unsaturated/α-hetero) is 1. The Bertz CT molecular complexity index is 2260. The molecule has 0 bridgehead atoms. The van der Waals surface area contributed by atoms with Crippen LogP contribution in [0.15, 0.2) is 111 Å². The third-order valence-corrected chi connectivity index (χ3v) is 8.40. The minimum atomic E-state index is -0.919. The van der Waals surface area contributed by atoms with Crippen LogP contribution in [-0.2, 0) is 9.53 Å². The molecule has 0 spiro atoms. The molecular formula is C44H43N5O10. The molecule has 1 atom stereocenters. The van der Waals surface area contributed by atoms with E-state index in [1.165, 1.54) is 81.0 Å². The highest BCUT2D eigenvalue weighted by molar-refractivity contribution is 6.10. The first kappa shape index (κ1) is 43.9. The van der Waals surface area contributed by atoms with E-state index >= 15 is 0 Å². The lowest BCUT2D eigenvalue weighted by atomic mass is 9.95. The zero-order valence-corrected chi connectivity index (χ0v) is 32.5. The van der Waals surface area contributed by atoms with Crippen LogP contribution in [0.5, 0.6) is 23.0 Å². The van der Waals surface area contributed by atoms with E-state index in [0.29, 0.717) is 16.9 Å². The molecule has 59 heavy (non-hydrogen) atoms. The van der Waals surface area contributed by atoms with Crippen molar-refractivity contribution in [3.63, 3.8) is 0 Å². The number of nitrogen functional groups attached to an aromatic ring is 1. The minimum Gasteiger partial charge on any atom is -0.491 e. The van der Waals surface area contributed by atoms with Gasteiger partial charge in [0.1, 0.15) is 25.4 Å². The number of rotatable bonds is 21. The van der Waals surface area contributed by atoms with Gasteiger partial charge in [-0.3, -0.25) is 19.2 Å². The number of methoxy groups -OCH3 is 2. The van der Waals surface area contributed by atoms with Gasteiger partial charge in [0, 0.05) is 35.3 Å². The third kappa shape index (κ3) is 11.4. The predicted octanol–water partition coefficient (Wildman–Crippen LogP) is 7.00. The smallest absolute Gasteiger partial charge is 0.342 e. The molecule has 4 rings (SSSR count). The lowest BCUT2D eigenvalue weighted by Crippen LogP contribution is -2.25. The van der Waals surface area contributed by atoms with Crippen molar-refractivity contribution in [3.8, 4) is 29.1 Å². The monoisotopic (exact) mass is 801 g/mol. The number of esters is 1. The highest BCUT2D eigenvalue weighted by atomic mass is 16.5. The first-order valence-electron chi connectivity index (χ1n) is 18.0. The van der Waals surface area contributed by atoms with E-state index in [-0.39, 0.29) is 89.5 Å². The number of benzene rings is 4. The van der Waals surface area contributed by atoms with Crippen LogP contribution < -0.4 is 40.6 Å². The maximum atomic E-state index is 13.8. The summed E-state index contributed by atoms with van der Waals surface area (Å²) in [6, 6.07) is 19.9. The molecule has 0 radical (unpaired) electrons. The Morgan fingerprint density at radius 1 is 0.678 bits per heavy atom. The molecule has 0 unspecified atom stereocenters. The number of nitrogens with two attached hydrogens (primary N) is 1. The number of carbonyl (C=O) groups is 5. The molecular weight excluding hydrogens is 759 g/mol. The van der Waals surface area contributed by atoms with E-state index in [9.17, 15) is 29.2 Å². The van der Waals surface area contributed by atoms with Gasteiger partial charge in [0.25, 0.3) is 11.8 Å². The van der Waals surface area contributed by atoms with Crippen LogP contribution >= 0.6 is 0 Å². The zero-order chi connectivity index (χ0) is 42.9. The zero-order valence-electron chi connectivity index (χ0n) is 32.5. The average Bonchev–Trinajstić information content (AvgIpc) is 3.24. The minimum absolute atomic E-state index is 0.0109. The van der Waals surface area contributed by atoms with Crippen molar-refractivity contribution >= 4 is 52.2 Å². The molecule has 0 saturated carbocycles. The molecule has 5 N–H and O–H groups in total. The van der Waals surface area contributed by atoms with Gasteiger partial charge in [-0.15, -0.1) is 0 Å². The summed E-state index contributed by atoms with van der Waals surface area (Å²) < 4.78 is 28.0. The fourth-order valence-electron chi connectivity index (χ4n) is 5.56. The molecule has 0 saturated heterocycles. The molecule has 0 fully saturated rings. The van der Waals surface area contributed by atoms with E-state index in [1.807, 2.05) is 6.07 Å². The van der Waals surface area contributed by atoms with Gasteiger partial charge in [0.2, 0.25) is 5.91 Å². The summed E-state index contributed by atoms with van der Waals surface area (Å²) in [7, 11) is 2.68. The summed E-state index contributed by atoms with van der Waals surface area (Å²) in [6.45, 7) is 10.8. The maximum Gasteiger partial charge on any atom is 0.342 e. The van der Waals surface area contributed by atoms with Gasteiger partial charge < -0.3 is 45.4 Å². The Hall–Kier alpha value is -7.86. The molecule has 0 heterocycles. The SMILES string of the molecule is C=CCOC(=O)c1ccc(NC(=O)c2ccc(NC(=O)c3ccc(NC(=O)[C@H](CC#N)CC(=O)c4ccc(N)cc4)cc3)c(OC)c2OCC=C)c(OC)c1OCC=C. The first-order valence-corrected chi connectivity index (χ1v) is 18.0. The number of hydrogen-bond acceptors (Lipinski definition) is 12. The van der Waals surface area contributed by atoms with Crippen LogP contribution in [0.1, 0.15) is 54.3 Å². The number of ether oxygens (including phenoxy) is 5. The molecule has 4 aromatic carbocycles. The number of ketones is 1.